The van der Waals surface area contributed by atoms with E-state index in [0.717, 1.165) is 6.42 Å². The van der Waals surface area contributed by atoms with Gasteiger partial charge in [-0.2, -0.15) is 0 Å². The Morgan fingerprint density at radius 3 is 2.75 bits per heavy atom. The summed E-state index contributed by atoms with van der Waals surface area (Å²) in [4.78, 5) is 20.9. The maximum atomic E-state index is 10.8. The maximum absolute atomic E-state index is 10.8. The molecule has 1 unspecified atom stereocenters. The molecule has 0 saturated carbocycles. The van der Waals surface area contributed by atoms with Gasteiger partial charge in [0.1, 0.15) is 0 Å². The van der Waals surface area contributed by atoms with Crippen molar-refractivity contribution in [2.24, 2.45) is 5.92 Å². The number of nitrogens with one attached hydrogen (secondary N) is 1. The minimum absolute atomic E-state index is 0.105. The Bertz CT molecular complexity index is 488. The van der Waals surface area contributed by atoms with Crippen LogP contribution in [0.25, 0.3) is 0 Å². The third-order valence-electron chi connectivity index (χ3n) is 3.22. The third-order valence-corrected chi connectivity index (χ3v) is 3.22. The molecule has 0 bridgehead atoms. The normalized spacial score (nSPS) is 11.9. The Labute approximate surface area is 118 Å². The molecule has 0 aliphatic rings. The van der Waals surface area contributed by atoms with Gasteiger partial charge in [-0.05, 0) is 31.7 Å². The lowest BCUT2D eigenvalue weighted by molar-refractivity contribution is -0.385. The predicted octanol–water partition coefficient (Wildman–Crippen LogP) is 3.21. The second-order valence-corrected chi connectivity index (χ2v) is 5.01. The number of nitro groups is 1. The second-order valence-electron chi connectivity index (χ2n) is 5.01. The fraction of sp³-hybridized carbons (Fsp3) is 0.500. The molecule has 0 saturated heterocycles. The van der Waals surface area contributed by atoms with Crippen molar-refractivity contribution in [3.05, 3.63) is 33.9 Å². The van der Waals surface area contributed by atoms with Crippen LogP contribution in [0, 0.1) is 23.0 Å². The zero-order valence-corrected chi connectivity index (χ0v) is 11.8. The minimum Gasteiger partial charge on any atom is -0.481 e. The SMILES string of the molecule is Cc1ccc(NCCC(C)CCC(=O)O)cc1[N+](=O)[O-]. The Morgan fingerprint density at radius 1 is 1.45 bits per heavy atom. The lowest BCUT2D eigenvalue weighted by Gasteiger charge is -2.11. The van der Waals surface area contributed by atoms with Gasteiger partial charge in [-0.15, -0.1) is 0 Å². The first-order valence-corrected chi connectivity index (χ1v) is 6.61. The zero-order chi connectivity index (χ0) is 15.1. The molecule has 0 aliphatic carbocycles. The summed E-state index contributed by atoms with van der Waals surface area (Å²) in [5, 5.41) is 22.6. The van der Waals surface area contributed by atoms with Crippen LogP contribution in [0.1, 0.15) is 31.7 Å². The van der Waals surface area contributed by atoms with E-state index in [4.69, 9.17) is 5.11 Å². The van der Waals surface area contributed by atoms with Crippen LogP contribution in [0.3, 0.4) is 0 Å². The van der Waals surface area contributed by atoms with Crippen molar-refractivity contribution < 1.29 is 14.8 Å². The highest BCUT2D eigenvalue weighted by Gasteiger charge is 2.11. The van der Waals surface area contributed by atoms with Crippen LogP contribution < -0.4 is 5.32 Å². The van der Waals surface area contributed by atoms with Gasteiger partial charge in [0.25, 0.3) is 5.69 Å². The van der Waals surface area contributed by atoms with Gasteiger partial charge in [0.05, 0.1) is 4.92 Å². The Kier molecular flexibility index (Phi) is 5.96. The van der Waals surface area contributed by atoms with Crippen molar-refractivity contribution in [2.75, 3.05) is 11.9 Å². The van der Waals surface area contributed by atoms with Gasteiger partial charge in [0.2, 0.25) is 0 Å². The number of benzene rings is 1. The number of rotatable bonds is 8. The van der Waals surface area contributed by atoms with Crippen molar-refractivity contribution in [2.45, 2.75) is 33.1 Å². The Morgan fingerprint density at radius 2 is 2.15 bits per heavy atom. The summed E-state index contributed by atoms with van der Waals surface area (Å²) in [5.74, 6) is -0.474. The zero-order valence-electron chi connectivity index (χ0n) is 11.8. The molecule has 0 spiro atoms. The van der Waals surface area contributed by atoms with Gasteiger partial charge in [-0.3, -0.25) is 14.9 Å². The summed E-state index contributed by atoms with van der Waals surface area (Å²) in [6, 6.07) is 5.05. The first kappa shape index (κ1) is 15.9. The maximum Gasteiger partial charge on any atom is 0.303 e. The van der Waals surface area contributed by atoms with Crippen LogP contribution in [0.15, 0.2) is 18.2 Å². The van der Waals surface area contributed by atoms with E-state index in [2.05, 4.69) is 5.32 Å². The molecule has 2 N–H and O–H groups in total. The Hall–Kier alpha value is -2.11. The summed E-state index contributed by atoms with van der Waals surface area (Å²) in [6.45, 7) is 4.37. The molecule has 0 heterocycles. The molecule has 20 heavy (non-hydrogen) atoms. The van der Waals surface area contributed by atoms with Crippen LogP contribution in [-0.4, -0.2) is 22.5 Å². The molecule has 110 valence electrons. The highest BCUT2D eigenvalue weighted by atomic mass is 16.6. The molecule has 1 aromatic rings. The monoisotopic (exact) mass is 280 g/mol. The molecular weight excluding hydrogens is 260 g/mol. The molecule has 0 aromatic heterocycles. The van der Waals surface area contributed by atoms with Crippen LogP contribution in [-0.2, 0) is 4.79 Å². The summed E-state index contributed by atoms with van der Waals surface area (Å²) < 4.78 is 0. The molecule has 1 atom stereocenters. The number of aryl methyl sites for hydroxylation is 1. The van der Waals surface area contributed by atoms with Gasteiger partial charge >= 0.3 is 5.97 Å². The average molecular weight is 280 g/mol. The van der Waals surface area contributed by atoms with Gasteiger partial charge in [-0.1, -0.05) is 13.0 Å². The van der Waals surface area contributed by atoms with Gasteiger partial charge in [0.15, 0.2) is 0 Å². The molecule has 6 nitrogen and oxygen atoms in total. The minimum atomic E-state index is -0.779. The van der Waals surface area contributed by atoms with E-state index >= 15 is 0 Å². The molecule has 1 rings (SSSR count). The predicted molar refractivity (Wildman–Crippen MR) is 77.0 cm³/mol. The number of carboxylic acid groups (broad SMARTS) is 1. The van der Waals surface area contributed by atoms with Crippen molar-refractivity contribution >= 4 is 17.3 Å². The van der Waals surface area contributed by atoms with Gasteiger partial charge in [0, 0.05) is 30.3 Å². The fourth-order valence-electron chi connectivity index (χ4n) is 1.89. The van der Waals surface area contributed by atoms with E-state index in [-0.39, 0.29) is 12.1 Å². The highest BCUT2D eigenvalue weighted by molar-refractivity contribution is 5.66. The van der Waals surface area contributed by atoms with Gasteiger partial charge < -0.3 is 10.4 Å². The van der Waals surface area contributed by atoms with Crippen LogP contribution in [0.5, 0.6) is 0 Å². The van der Waals surface area contributed by atoms with E-state index in [1.807, 2.05) is 13.0 Å². The van der Waals surface area contributed by atoms with E-state index in [0.29, 0.717) is 30.1 Å². The van der Waals surface area contributed by atoms with Crippen LogP contribution in [0.2, 0.25) is 0 Å². The van der Waals surface area contributed by atoms with Crippen LogP contribution in [0.4, 0.5) is 11.4 Å². The topological polar surface area (TPSA) is 92.5 Å². The third kappa shape index (κ3) is 5.26. The number of nitrogens with zero attached hydrogens (tertiary/aromatic N) is 1. The number of hydrogen-bond donors (Lipinski definition) is 2. The smallest absolute Gasteiger partial charge is 0.303 e. The summed E-state index contributed by atoms with van der Waals surface area (Å²) >= 11 is 0. The molecule has 1 aromatic carbocycles. The van der Waals surface area contributed by atoms with Crippen molar-refractivity contribution in [3.63, 3.8) is 0 Å². The molecule has 0 radical (unpaired) electrons. The highest BCUT2D eigenvalue weighted by Crippen LogP contribution is 2.22. The van der Waals surface area contributed by atoms with E-state index in [1.54, 1.807) is 13.0 Å². The standard InChI is InChI=1S/C14H20N2O4/c1-10(3-6-14(17)18)7-8-15-12-5-4-11(2)13(9-12)16(19)20/h4-5,9-10,15H,3,6-8H2,1-2H3,(H,17,18). The van der Waals surface area contributed by atoms with Crippen molar-refractivity contribution in [1.82, 2.24) is 0 Å². The number of nitro benzene ring substituents is 1. The largest absolute Gasteiger partial charge is 0.481 e. The van der Waals surface area contributed by atoms with E-state index in [1.165, 1.54) is 6.07 Å². The lowest BCUT2D eigenvalue weighted by atomic mass is 10.0. The van der Waals surface area contributed by atoms with Gasteiger partial charge in [-0.25, -0.2) is 0 Å². The summed E-state index contributed by atoms with van der Waals surface area (Å²) in [6.07, 6.45) is 1.65. The van der Waals surface area contributed by atoms with E-state index in [9.17, 15) is 14.9 Å². The van der Waals surface area contributed by atoms with E-state index < -0.39 is 10.9 Å². The first-order valence-electron chi connectivity index (χ1n) is 6.61. The number of anilines is 1. The first-order chi connectivity index (χ1) is 9.40. The molecular formula is C14H20N2O4. The quantitative estimate of drug-likeness (QED) is 0.563. The number of carboxylic acids is 1. The molecule has 6 heteroatoms. The summed E-state index contributed by atoms with van der Waals surface area (Å²) in [7, 11) is 0. The molecule has 0 fully saturated rings. The lowest BCUT2D eigenvalue weighted by Crippen LogP contribution is -2.08. The molecule has 0 amide bonds. The van der Waals surface area contributed by atoms with Crippen molar-refractivity contribution in [3.8, 4) is 0 Å². The van der Waals surface area contributed by atoms with Crippen LogP contribution >= 0.6 is 0 Å². The molecule has 0 aliphatic heterocycles. The fourth-order valence-corrected chi connectivity index (χ4v) is 1.89. The Balaban J connectivity index is 2.44. The summed E-state index contributed by atoms with van der Waals surface area (Å²) in [5.41, 5.74) is 1.46. The number of carbonyl (C=O) groups is 1. The van der Waals surface area contributed by atoms with Crippen molar-refractivity contribution in [1.29, 1.82) is 0 Å². The average Bonchev–Trinajstić information content (AvgIpc) is 2.38. The second kappa shape index (κ2) is 7.47. The number of aliphatic carboxylic acids is 1. The number of hydrogen-bond acceptors (Lipinski definition) is 4.